The number of hydrogen-bond acceptors (Lipinski definition) is 5. The van der Waals surface area contributed by atoms with Gasteiger partial charge in [-0.15, -0.1) is 0 Å². The molecule has 1 aliphatic carbocycles. The number of aromatic nitrogens is 1. The van der Waals surface area contributed by atoms with Crippen molar-refractivity contribution in [2.75, 3.05) is 32.7 Å². The van der Waals surface area contributed by atoms with Crippen molar-refractivity contribution < 1.29 is 22.7 Å². The average molecular weight is 489 g/mol. The van der Waals surface area contributed by atoms with E-state index in [0.29, 0.717) is 17.4 Å². The first kappa shape index (κ1) is 24.1. The van der Waals surface area contributed by atoms with E-state index in [1.807, 2.05) is 4.90 Å². The third-order valence-electron chi connectivity index (χ3n) is 7.79. The number of ether oxygens (including phenoxy) is 1. The molecule has 2 saturated heterocycles. The molecule has 9 heteroatoms. The number of benzene rings is 1. The molecular formula is C26H31F3N4O2. The number of likely N-dealkylation sites (tertiary alicyclic amines) is 1. The van der Waals surface area contributed by atoms with E-state index in [-0.39, 0.29) is 42.3 Å². The van der Waals surface area contributed by atoms with Crippen molar-refractivity contribution in [3.63, 3.8) is 0 Å². The SMILES string of the molecule is O=C(CN[C@@H]1C[C@H]1c1cc(F)cc(F)c1OCc1cccnc1F)N1CCC2(CCNCC2)CC1. The van der Waals surface area contributed by atoms with E-state index in [2.05, 4.69) is 15.6 Å². The molecule has 188 valence electrons. The van der Waals surface area contributed by atoms with E-state index in [1.165, 1.54) is 31.2 Å². The molecule has 0 bridgehead atoms. The maximum absolute atomic E-state index is 14.6. The molecule has 5 rings (SSSR count). The molecule has 0 unspecified atom stereocenters. The molecule has 1 saturated carbocycles. The van der Waals surface area contributed by atoms with E-state index in [0.717, 1.165) is 45.1 Å². The Morgan fingerprint density at radius 1 is 1.17 bits per heavy atom. The number of carbonyl (C=O) groups excluding carboxylic acids is 1. The second-order valence-corrected chi connectivity index (χ2v) is 10.0. The van der Waals surface area contributed by atoms with Gasteiger partial charge in [0.2, 0.25) is 11.9 Å². The van der Waals surface area contributed by atoms with Gasteiger partial charge in [0, 0.05) is 48.4 Å². The van der Waals surface area contributed by atoms with Crippen LogP contribution in [0.5, 0.6) is 5.75 Å². The summed E-state index contributed by atoms with van der Waals surface area (Å²) in [5, 5.41) is 6.66. The van der Waals surface area contributed by atoms with Crippen LogP contribution in [0.1, 0.15) is 49.1 Å². The van der Waals surface area contributed by atoms with Gasteiger partial charge in [-0.05, 0) is 68.8 Å². The largest absolute Gasteiger partial charge is 0.485 e. The molecular weight excluding hydrogens is 457 g/mol. The summed E-state index contributed by atoms with van der Waals surface area (Å²) >= 11 is 0. The van der Waals surface area contributed by atoms with E-state index in [9.17, 15) is 18.0 Å². The van der Waals surface area contributed by atoms with Gasteiger partial charge in [0.15, 0.2) is 11.6 Å². The van der Waals surface area contributed by atoms with Crippen LogP contribution < -0.4 is 15.4 Å². The third kappa shape index (κ3) is 5.46. The van der Waals surface area contributed by atoms with Crippen molar-refractivity contribution in [3.8, 4) is 5.75 Å². The highest BCUT2D eigenvalue weighted by Gasteiger charge is 2.42. The lowest BCUT2D eigenvalue weighted by molar-refractivity contribution is -0.132. The van der Waals surface area contributed by atoms with Gasteiger partial charge in [-0.2, -0.15) is 4.39 Å². The second-order valence-electron chi connectivity index (χ2n) is 10.0. The average Bonchev–Trinajstić information content (AvgIpc) is 3.63. The quantitative estimate of drug-likeness (QED) is 0.584. The van der Waals surface area contributed by atoms with Crippen molar-refractivity contribution in [2.45, 2.75) is 50.7 Å². The second kappa shape index (κ2) is 10.1. The number of amides is 1. The Balaban J connectivity index is 1.16. The molecule has 2 atom stereocenters. The number of rotatable bonds is 7. The maximum Gasteiger partial charge on any atom is 0.236 e. The van der Waals surface area contributed by atoms with Gasteiger partial charge in [-0.1, -0.05) is 0 Å². The highest BCUT2D eigenvalue weighted by molar-refractivity contribution is 5.78. The van der Waals surface area contributed by atoms with Crippen LogP contribution in [-0.4, -0.2) is 54.6 Å². The van der Waals surface area contributed by atoms with Crippen LogP contribution in [-0.2, 0) is 11.4 Å². The molecule has 1 aromatic heterocycles. The molecule has 35 heavy (non-hydrogen) atoms. The van der Waals surface area contributed by atoms with Crippen LogP contribution in [0.15, 0.2) is 30.5 Å². The molecule has 3 heterocycles. The molecule has 3 fully saturated rings. The molecule has 1 aromatic carbocycles. The Morgan fingerprint density at radius 3 is 2.69 bits per heavy atom. The van der Waals surface area contributed by atoms with Crippen LogP contribution in [0, 0.1) is 23.0 Å². The summed E-state index contributed by atoms with van der Waals surface area (Å²) < 4.78 is 48.0. The summed E-state index contributed by atoms with van der Waals surface area (Å²) in [6.45, 7) is 3.67. The summed E-state index contributed by atoms with van der Waals surface area (Å²) in [4.78, 5) is 18.3. The van der Waals surface area contributed by atoms with Crippen molar-refractivity contribution in [1.29, 1.82) is 0 Å². The fraction of sp³-hybridized carbons (Fsp3) is 0.538. The van der Waals surface area contributed by atoms with Gasteiger partial charge in [-0.25, -0.2) is 13.8 Å². The van der Waals surface area contributed by atoms with Crippen molar-refractivity contribution in [3.05, 3.63) is 59.2 Å². The van der Waals surface area contributed by atoms with E-state index in [4.69, 9.17) is 4.74 Å². The summed E-state index contributed by atoms with van der Waals surface area (Å²) in [7, 11) is 0. The number of carbonyl (C=O) groups is 1. The minimum absolute atomic E-state index is 0.0633. The Morgan fingerprint density at radius 2 is 1.94 bits per heavy atom. The highest BCUT2D eigenvalue weighted by atomic mass is 19.1. The zero-order valence-corrected chi connectivity index (χ0v) is 19.7. The Bertz CT molecular complexity index is 1070. The van der Waals surface area contributed by atoms with E-state index in [1.54, 1.807) is 6.07 Å². The van der Waals surface area contributed by atoms with Gasteiger partial charge < -0.3 is 20.3 Å². The lowest BCUT2D eigenvalue weighted by Crippen LogP contribution is -2.49. The Labute approximate surface area is 203 Å². The number of piperidine rings is 2. The zero-order valence-electron chi connectivity index (χ0n) is 19.7. The van der Waals surface area contributed by atoms with Crippen molar-refractivity contribution >= 4 is 5.91 Å². The number of hydrogen-bond donors (Lipinski definition) is 2. The first-order valence-electron chi connectivity index (χ1n) is 12.4. The molecule has 3 aliphatic rings. The van der Waals surface area contributed by atoms with Crippen LogP contribution in [0.25, 0.3) is 0 Å². The number of halogens is 3. The standard InChI is InChI=1S/C26H31F3N4O2/c27-18-12-20(24(21(28)13-18)35-16-17-2-1-7-31-25(17)29)19-14-22(19)32-15-23(34)33-10-5-26(6-11-33)3-8-30-9-4-26/h1-2,7,12-13,19,22,30,32H,3-6,8-11,14-16H2/t19-,22+/m0/s1. The monoisotopic (exact) mass is 488 g/mol. The van der Waals surface area contributed by atoms with Crippen LogP contribution in [0.3, 0.4) is 0 Å². The first-order valence-corrected chi connectivity index (χ1v) is 12.4. The number of nitrogens with zero attached hydrogens (tertiary/aromatic N) is 2. The smallest absolute Gasteiger partial charge is 0.236 e. The normalized spacial score (nSPS) is 23.3. The van der Waals surface area contributed by atoms with Crippen LogP contribution >= 0.6 is 0 Å². The van der Waals surface area contributed by atoms with Crippen LogP contribution in [0.2, 0.25) is 0 Å². The minimum atomic E-state index is -0.828. The van der Waals surface area contributed by atoms with Gasteiger partial charge >= 0.3 is 0 Å². The predicted octanol–water partition coefficient (Wildman–Crippen LogP) is 3.52. The van der Waals surface area contributed by atoms with Crippen molar-refractivity contribution in [1.82, 2.24) is 20.5 Å². The van der Waals surface area contributed by atoms with Gasteiger partial charge in [0.25, 0.3) is 0 Å². The predicted molar refractivity (Wildman–Crippen MR) is 124 cm³/mol. The summed E-state index contributed by atoms with van der Waals surface area (Å²) in [6, 6.07) is 5.02. The summed E-state index contributed by atoms with van der Waals surface area (Å²) in [5.74, 6) is -2.41. The molecule has 1 spiro atoms. The van der Waals surface area contributed by atoms with Crippen molar-refractivity contribution in [2.24, 2.45) is 5.41 Å². The van der Waals surface area contributed by atoms with E-state index < -0.39 is 17.6 Å². The molecule has 2 aliphatic heterocycles. The Kier molecular flexibility index (Phi) is 6.98. The molecule has 2 aromatic rings. The fourth-order valence-corrected chi connectivity index (χ4v) is 5.47. The number of nitrogens with one attached hydrogen (secondary N) is 2. The topological polar surface area (TPSA) is 66.5 Å². The van der Waals surface area contributed by atoms with Crippen LogP contribution in [0.4, 0.5) is 13.2 Å². The minimum Gasteiger partial charge on any atom is -0.485 e. The zero-order chi connectivity index (χ0) is 24.4. The lowest BCUT2D eigenvalue weighted by atomic mass is 9.71. The van der Waals surface area contributed by atoms with Gasteiger partial charge in [0.05, 0.1) is 6.54 Å². The molecule has 6 nitrogen and oxygen atoms in total. The molecule has 1 amide bonds. The third-order valence-corrected chi connectivity index (χ3v) is 7.79. The van der Waals surface area contributed by atoms with E-state index >= 15 is 0 Å². The fourth-order valence-electron chi connectivity index (χ4n) is 5.47. The molecule has 0 radical (unpaired) electrons. The highest BCUT2D eigenvalue weighted by Crippen LogP contribution is 2.46. The maximum atomic E-state index is 14.6. The summed E-state index contributed by atoms with van der Waals surface area (Å²) in [6.07, 6.45) is 6.42. The summed E-state index contributed by atoms with van der Waals surface area (Å²) in [5.41, 5.74) is 0.960. The van der Waals surface area contributed by atoms with Gasteiger partial charge in [-0.3, -0.25) is 4.79 Å². The number of pyridine rings is 1. The first-order chi connectivity index (χ1) is 16.9. The Hall–Kier alpha value is -2.65. The van der Waals surface area contributed by atoms with Gasteiger partial charge in [0.1, 0.15) is 12.4 Å². The lowest BCUT2D eigenvalue weighted by Gasteiger charge is -2.44. The molecule has 2 N–H and O–H groups in total.